The number of benzene rings is 1. The Bertz CT molecular complexity index is 762. The van der Waals surface area contributed by atoms with E-state index in [1.807, 2.05) is 38.1 Å². The molecule has 0 aromatic heterocycles. The lowest BCUT2D eigenvalue weighted by molar-refractivity contribution is -0.140. The molecule has 158 valence electrons. The average Bonchev–Trinajstić information content (AvgIpc) is 2.83. The summed E-state index contributed by atoms with van der Waals surface area (Å²) < 4.78 is 5.70. The van der Waals surface area contributed by atoms with Gasteiger partial charge in [-0.05, 0) is 44.4 Å². The quantitative estimate of drug-likeness (QED) is 0.562. The monoisotopic (exact) mass is 400 g/mol. The summed E-state index contributed by atoms with van der Waals surface area (Å²) in [5.74, 6) is 0.265. The average molecular weight is 401 g/mol. The Morgan fingerprint density at radius 3 is 2.24 bits per heavy atom. The maximum Gasteiger partial charge on any atom is 0.278 e. The normalized spacial score (nSPS) is 18.6. The van der Waals surface area contributed by atoms with Crippen LogP contribution in [0.4, 0.5) is 0 Å². The predicted octanol–water partition coefficient (Wildman–Crippen LogP) is 3.20. The van der Waals surface area contributed by atoms with E-state index < -0.39 is 0 Å². The van der Waals surface area contributed by atoms with Crippen LogP contribution in [-0.2, 0) is 9.59 Å². The molecule has 0 bridgehead atoms. The molecule has 0 atom stereocenters. The molecular formula is C23H32N2O4. The van der Waals surface area contributed by atoms with Crippen molar-refractivity contribution in [3.05, 3.63) is 35.5 Å². The maximum atomic E-state index is 13.4. The second-order valence-corrected chi connectivity index (χ2v) is 8.19. The van der Waals surface area contributed by atoms with Gasteiger partial charge in [0.25, 0.3) is 11.8 Å². The van der Waals surface area contributed by atoms with Crippen LogP contribution in [-0.4, -0.2) is 59.1 Å². The molecule has 0 radical (unpaired) electrons. The van der Waals surface area contributed by atoms with Crippen molar-refractivity contribution in [2.24, 2.45) is 0 Å². The topological polar surface area (TPSA) is 70.1 Å². The molecule has 6 nitrogen and oxygen atoms in total. The number of carbonyl (C=O) groups is 2. The minimum absolute atomic E-state index is 0.0453. The number of nitrogens with zero attached hydrogens (tertiary/aromatic N) is 2. The van der Waals surface area contributed by atoms with E-state index in [4.69, 9.17) is 4.74 Å². The number of aliphatic hydroxyl groups is 1. The Morgan fingerprint density at radius 1 is 1.07 bits per heavy atom. The van der Waals surface area contributed by atoms with E-state index in [0.29, 0.717) is 23.4 Å². The van der Waals surface area contributed by atoms with Crippen LogP contribution in [0.5, 0.6) is 5.75 Å². The number of amides is 2. The van der Waals surface area contributed by atoms with Gasteiger partial charge < -0.3 is 14.7 Å². The first-order valence-corrected chi connectivity index (χ1v) is 10.6. The summed E-state index contributed by atoms with van der Waals surface area (Å²) in [6.07, 6.45) is 6.18. The summed E-state index contributed by atoms with van der Waals surface area (Å²) in [7, 11) is 1.75. The number of likely N-dealkylation sites (N-methyl/N-ethyl adjacent to an activating group) is 1. The molecule has 29 heavy (non-hydrogen) atoms. The minimum Gasteiger partial charge on any atom is -0.491 e. The molecule has 2 amide bonds. The molecule has 1 aliphatic heterocycles. The van der Waals surface area contributed by atoms with Crippen LogP contribution in [0.25, 0.3) is 5.57 Å². The Morgan fingerprint density at radius 2 is 1.69 bits per heavy atom. The predicted molar refractivity (Wildman–Crippen MR) is 112 cm³/mol. The van der Waals surface area contributed by atoms with E-state index in [1.165, 1.54) is 4.90 Å². The molecule has 1 heterocycles. The van der Waals surface area contributed by atoms with Crippen LogP contribution in [0.15, 0.2) is 30.0 Å². The van der Waals surface area contributed by atoms with Crippen molar-refractivity contribution in [1.82, 2.24) is 9.80 Å². The van der Waals surface area contributed by atoms with E-state index >= 15 is 0 Å². The van der Waals surface area contributed by atoms with Gasteiger partial charge in [-0.1, -0.05) is 37.8 Å². The summed E-state index contributed by atoms with van der Waals surface area (Å²) in [5.41, 5.74) is 1.51. The highest BCUT2D eigenvalue weighted by molar-refractivity contribution is 6.35. The second-order valence-electron chi connectivity index (χ2n) is 8.19. The van der Waals surface area contributed by atoms with Gasteiger partial charge in [-0.3, -0.25) is 14.5 Å². The third-order valence-electron chi connectivity index (χ3n) is 5.61. The highest BCUT2D eigenvalue weighted by Crippen LogP contribution is 2.35. The van der Waals surface area contributed by atoms with Crippen LogP contribution in [0, 0.1) is 0 Å². The molecule has 1 fully saturated rings. The smallest absolute Gasteiger partial charge is 0.278 e. The van der Waals surface area contributed by atoms with E-state index in [-0.39, 0.29) is 30.6 Å². The highest BCUT2D eigenvalue weighted by atomic mass is 16.5. The fourth-order valence-electron chi connectivity index (χ4n) is 4.23. The lowest BCUT2D eigenvalue weighted by atomic mass is 10.0. The van der Waals surface area contributed by atoms with Gasteiger partial charge in [0.2, 0.25) is 0 Å². The highest BCUT2D eigenvalue weighted by Gasteiger charge is 2.43. The Balaban J connectivity index is 1.97. The number of hydrogen-bond donors (Lipinski definition) is 1. The number of carbonyl (C=O) groups excluding carboxylic acids is 2. The van der Waals surface area contributed by atoms with Gasteiger partial charge in [0.05, 0.1) is 18.3 Å². The van der Waals surface area contributed by atoms with Gasteiger partial charge in [0.15, 0.2) is 0 Å². The van der Waals surface area contributed by atoms with Crippen molar-refractivity contribution < 1.29 is 19.4 Å². The minimum atomic E-state index is -0.240. The molecule has 0 unspecified atom stereocenters. The van der Waals surface area contributed by atoms with Crippen molar-refractivity contribution in [2.75, 3.05) is 20.2 Å². The lowest BCUT2D eigenvalue weighted by Crippen LogP contribution is -2.42. The molecule has 0 spiro atoms. The number of rotatable bonds is 7. The SMILES string of the molecule is CC(C)Oc1ccc(C2=C(N(C)CCO)C(=O)N(C3CCCCCC3)C2=O)cc1. The van der Waals surface area contributed by atoms with Crippen molar-refractivity contribution in [2.45, 2.75) is 64.5 Å². The number of hydrogen-bond acceptors (Lipinski definition) is 5. The first-order valence-electron chi connectivity index (χ1n) is 10.6. The molecular weight excluding hydrogens is 368 g/mol. The molecule has 6 heteroatoms. The Hall–Kier alpha value is -2.34. The third-order valence-corrected chi connectivity index (χ3v) is 5.61. The summed E-state index contributed by atoms with van der Waals surface area (Å²) in [5, 5.41) is 9.39. The van der Waals surface area contributed by atoms with Crippen LogP contribution >= 0.6 is 0 Å². The van der Waals surface area contributed by atoms with E-state index in [9.17, 15) is 14.7 Å². The zero-order chi connectivity index (χ0) is 21.0. The van der Waals surface area contributed by atoms with Gasteiger partial charge in [-0.15, -0.1) is 0 Å². The van der Waals surface area contributed by atoms with E-state index in [0.717, 1.165) is 44.3 Å². The van der Waals surface area contributed by atoms with Gasteiger partial charge in [-0.25, -0.2) is 0 Å². The first kappa shape index (κ1) is 21.4. The van der Waals surface area contributed by atoms with Crippen molar-refractivity contribution in [1.29, 1.82) is 0 Å². The molecule has 1 aliphatic carbocycles. The largest absolute Gasteiger partial charge is 0.491 e. The van der Waals surface area contributed by atoms with Crippen LogP contribution < -0.4 is 4.74 Å². The maximum absolute atomic E-state index is 13.4. The summed E-state index contributed by atoms with van der Waals surface area (Å²) >= 11 is 0. The third kappa shape index (κ3) is 4.64. The fraction of sp³-hybridized carbons (Fsp3) is 0.565. The van der Waals surface area contributed by atoms with Gasteiger partial charge in [0, 0.05) is 19.6 Å². The number of imide groups is 1. The fourth-order valence-corrected chi connectivity index (χ4v) is 4.23. The summed E-state index contributed by atoms with van der Waals surface area (Å²) in [4.78, 5) is 29.9. The zero-order valence-electron chi connectivity index (χ0n) is 17.7. The molecule has 1 N–H and O–H groups in total. The molecule has 3 rings (SSSR count). The van der Waals surface area contributed by atoms with E-state index in [1.54, 1.807) is 11.9 Å². The standard InChI is InChI=1S/C23H32N2O4/c1-16(2)29-19-12-10-17(11-13-19)20-21(24(3)14-15-26)23(28)25(22(20)27)18-8-6-4-5-7-9-18/h10-13,16,18,26H,4-9,14-15H2,1-3H3. The molecule has 0 saturated heterocycles. The first-order chi connectivity index (χ1) is 13.9. The van der Waals surface area contributed by atoms with Crippen molar-refractivity contribution >= 4 is 17.4 Å². The number of aliphatic hydroxyl groups excluding tert-OH is 1. The van der Waals surface area contributed by atoms with Crippen LogP contribution in [0.3, 0.4) is 0 Å². The van der Waals surface area contributed by atoms with Gasteiger partial charge in [0.1, 0.15) is 11.4 Å². The van der Waals surface area contributed by atoms with Crippen LogP contribution in [0.2, 0.25) is 0 Å². The summed E-state index contributed by atoms with van der Waals surface area (Å²) in [6, 6.07) is 7.29. The van der Waals surface area contributed by atoms with Crippen LogP contribution in [0.1, 0.15) is 57.9 Å². The molecule has 1 aromatic carbocycles. The molecule has 2 aliphatic rings. The Kier molecular flexibility index (Phi) is 6.96. The zero-order valence-corrected chi connectivity index (χ0v) is 17.7. The second kappa shape index (κ2) is 9.44. The van der Waals surface area contributed by atoms with Crippen molar-refractivity contribution in [3.8, 4) is 5.75 Å². The number of ether oxygens (including phenoxy) is 1. The molecule has 1 aromatic rings. The molecule has 1 saturated carbocycles. The lowest BCUT2D eigenvalue weighted by Gasteiger charge is -2.26. The van der Waals surface area contributed by atoms with Crippen molar-refractivity contribution in [3.63, 3.8) is 0 Å². The Labute approximate surface area is 173 Å². The summed E-state index contributed by atoms with van der Waals surface area (Å²) in [6.45, 7) is 4.13. The van der Waals surface area contributed by atoms with E-state index in [2.05, 4.69) is 0 Å². The van der Waals surface area contributed by atoms with Gasteiger partial charge >= 0.3 is 0 Å². The van der Waals surface area contributed by atoms with Gasteiger partial charge in [-0.2, -0.15) is 0 Å².